The number of hydrogen-bond acceptors (Lipinski definition) is 6. The van der Waals surface area contributed by atoms with Gasteiger partial charge in [-0.1, -0.05) is 13.3 Å². The molecule has 0 saturated heterocycles. The minimum absolute atomic E-state index is 0.146. The molecule has 2 aromatic rings. The Morgan fingerprint density at radius 2 is 1.75 bits per heavy atom. The summed E-state index contributed by atoms with van der Waals surface area (Å²) in [4.78, 5) is 27.7. The molecule has 2 rings (SSSR count). The zero-order chi connectivity index (χ0) is 20.6. The van der Waals surface area contributed by atoms with Crippen molar-refractivity contribution in [3.8, 4) is 0 Å². The molecule has 28 heavy (non-hydrogen) atoms. The van der Waals surface area contributed by atoms with Gasteiger partial charge in [-0.2, -0.15) is 0 Å². The molecule has 1 aromatic heterocycles. The van der Waals surface area contributed by atoms with E-state index in [0.29, 0.717) is 17.8 Å². The molecular formula is C19H23N3O5S. The Kier molecular flexibility index (Phi) is 7.65. The summed E-state index contributed by atoms with van der Waals surface area (Å²) in [5, 5.41) is 2.55. The average molecular weight is 405 g/mol. The molecule has 0 aliphatic rings. The Balaban J connectivity index is 1.91. The van der Waals surface area contributed by atoms with Crippen LogP contribution in [-0.4, -0.2) is 49.8 Å². The van der Waals surface area contributed by atoms with Crippen LogP contribution in [0.2, 0.25) is 0 Å². The highest BCUT2D eigenvalue weighted by molar-refractivity contribution is 7.89. The van der Waals surface area contributed by atoms with Crippen LogP contribution in [0.5, 0.6) is 0 Å². The van der Waals surface area contributed by atoms with Crippen molar-refractivity contribution in [3.63, 3.8) is 0 Å². The van der Waals surface area contributed by atoms with Crippen molar-refractivity contribution in [1.29, 1.82) is 0 Å². The highest BCUT2D eigenvalue weighted by Crippen LogP contribution is 2.18. The highest BCUT2D eigenvalue weighted by Gasteiger charge is 2.20. The number of amides is 1. The number of unbranched alkanes of at least 4 members (excludes halogenated alkanes) is 1. The fraction of sp³-hybridized carbons (Fsp3) is 0.316. The van der Waals surface area contributed by atoms with Crippen LogP contribution in [0.15, 0.2) is 53.7 Å². The fourth-order valence-electron chi connectivity index (χ4n) is 2.29. The van der Waals surface area contributed by atoms with Crippen LogP contribution in [0.3, 0.4) is 0 Å². The van der Waals surface area contributed by atoms with E-state index in [9.17, 15) is 18.0 Å². The Labute approximate surface area is 164 Å². The van der Waals surface area contributed by atoms with Crippen molar-refractivity contribution in [2.45, 2.75) is 24.7 Å². The number of esters is 1. The third-order valence-electron chi connectivity index (χ3n) is 3.92. The average Bonchev–Trinajstić information content (AvgIpc) is 2.71. The van der Waals surface area contributed by atoms with Crippen molar-refractivity contribution in [2.24, 2.45) is 0 Å². The van der Waals surface area contributed by atoms with E-state index in [1.165, 1.54) is 60.1 Å². The standard InChI is InChI=1S/C19H23N3O5S/c1-3-4-13-22(2)28(25,26)17-7-5-16(6-8-17)21-18(23)14-27-19(24)15-9-11-20-12-10-15/h5-12H,3-4,13-14H2,1-2H3,(H,21,23). The van der Waals surface area contributed by atoms with E-state index in [0.717, 1.165) is 12.8 Å². The first-order chi connectivity index (χ1) is 13.3. The van der Waals surface area contributed by atoms with Crippen molar-refractivity contribution < 1.29 is 22.7 Å². The summed E-state index contributed by atoms with van der Waals surface area (Å²) in [7, 11) is -2.02. The fourth-order valence-corrected chi connectivity index (χ4v) is 3.50. The molecule has 8 nitrogen and oxygen atoms in total. The monoisotopic (exact) mass is 405 g/mol. The largest absolute Gasteiger partial charge is 0.452 e. The molecule has 1 N–H and O–H groups in total. The number of aromatic nitrogens is 1. The lowest BCUT2D eigenvalue weighted by Gasteiger charge is -2.17. The van der Waals surface area contributed by atoms with Gasteiger partial charge >= 0.3 is 5.97 Å². The first-order valence-corrected chi connectivity index (χ1v) is 10.2. The van der Waals surface area contributed by atoms with Crippen molar-refractivity contribution in [3.05, 3.63) is 54.4 Å². The molecule has 0 atom stereocenters. The lowest BCUT2D eigenvalue weighted by molar-refractivity contribution is -0.119. The Hall–Kier alpha value is -2.78. The number of hydrogen-bond donors (Lipinski definition) is 1. The minimum Gasteiger partial charge on any atom is -0.452 e. The maximum Gasteiger partial charge on any atom is 0.338 e. The van der Waals surface area contributed by atoms with Crippen molar-refractivity contribution in [2.75, 3.05) is 25.5 Å². The Morgan fingerprint density at radius 3 is 2.36 bits per heavy atom. The van der Waals surface area contributed by atoms with Gasteiger partial charge in [0.05, 0.1) is 10.5 Å². The van der Waals surface area contributed by atoms with Crippen LogP contribution in [0.1, 0.15) is 30.1 Å². The first kappa shape index (κ1) is 21.5. The van der Waals surface area contributed by atoms with Gasteiger partial charge in [0.25, 0.3) is 5.91 Å². The van der Waals surface area contributed by atoms with E-state index >= 15 is 0 Å². The van der Waals surface area contributed by atoms with Crippen LogP contribution in [0.25, 0.3) is 0 Å². The third kappa shape index (κ3) is 5.86. The topological polar surface area (TPSA) is 106 Å². The van der Waals surface area contributed by atoms with Crippen LogP contribution in [0.4, 0.5) is 5.69 Å². The number of rotatable bonds is 9. The molecule has 1 aromatic carbocycles. The first-order valence-electron chi connectivity index (χ1n) is 8.78. The number of anilines is 1. The van der Waals surface area contributed by atoms with E-state index in [1.807, 2.05) is 6.92 Å². The van der Waals surface area contributed by atoms with Crippen LogP contribution in [0, 0.1) is 0 Å². The summed E-state index contributed by atoms with van der Waals surface area (Å²) in [6.07, 6.45) is 4.58. The van der Waals surface area contributed by atoms with Gasteiger partial charge in [-0.3, -0.25) is 9.78 Å². The second kappa shape index (κ2) is 9.95. The number of ether oxygens (including phenoxy) is 1. The predicted molar refractivity (Wildman–Crippen MR) is 104 cm³/mol. The zero-order valence-corrected chi connectivity index (χ0v) is 16.6. The highest BCUT2D eigenvalue weighted by atomic mass is 32.2. The molecule has 0 spiro atoms. The molecule has 0 aliphatic carbocycles. The van der Waals surface area contributed by atoms with Gasteiger partial charge in [0.1, 0.15) is 0 Å². The second-order valence-electron chi connectivity index (χ2n) is 6.06. The van der Waals surface area contributed by atoms with E-state index in [1.54, 1.807) is 0 Å². The van der Waals surface area contributed by atoms with Gasteiger partial charge in [0.2, 0.25) is 10.0 Å². The van der Waals surface area contributed by atoms with Gasteiger partial charge in [-0.25, -0.2) is 17.5 Å². The Bertz CT molecular complexity index is 899. The summed E-state index contributed by atoms with van der Waals surface area (Å²) < 4.78 is 31.2. The van der Waals surface area contributed by atoms with Gasteiger partial charge in [0.15, 0.2) is 6.61 Å². The summed E-state index contributed by atoms with van der Waals surface area (Å²) in [6.45, 7) is 1.98. The summed E-state index contributed by atoms with van der Waals surface area (Å²) in [6, 6.07) is 8.80. The number of nitrogens with zero attached hydrogens (tertiary/aromatic N) is 2. The quantitative estimate of drug-likeness (QED) is 0.642. The normalized spacial score (nSPS) is 11.2. The van der Waals surface area contributed by atoms with E-state index in [2.05, 4.69) is 10.3 Å². The van der Waals surface area contributed by atoms with E-state index in [4.69, 9.17) is 4.74 Å². The molecule has 1 heterocycles. The molecule has 0 bridgehead atoms. The lowest BCUT2D eigenvalue weighted by atomic mass is 10.3. The zero-order valence-electron chi connectivity index (χ0n) is 15.8. The maximum absolute atomic E-state index is 12.5. The lowest BCUT2D eigenvalue weighted by Crippen LogP contribution is -2.28. The molecular weight excluding hydrogens is 382 g/mol. The number of pyridine rings is 1. The van der Waals surface area contributed by atoms with Crippen LogP contribution >= 0.6 is 0 Å². The van der Waals surface area contributed by atoms with Crippen LogP contribution in [-0.2, 0) is 19.6 Å². The van der Waals surface area contributed by atoms with Crippen molar-refractivity contribution in [1.82, 2.24) is 9.29 Å². The molecule has 9 heteroatoms. The molecule has 0 fully saturated rings. The molecule has 150 valence electrons. The Morgan fingerprint density at radius 1 is 1.11 bits per heavy atom. The van der Waals surface area contributed by atoms with Gasteiger partial charge < -0.3 is 10.1 Å². The molecule has 0 unspecified atom stereocenters. The SMILES string of the molecule is CCCCN(C)S(=O)(=O)c1ccc(NC(=O)COC(=O)c2ccncc2)cc1. The second-order valence-corrected chi connectivity index (χ2v) is 8.11. The third-order valence-corrected chi connectivity index (χ3v) is 5.79. The summed E-state index contributed by atoms with van der Waals surface area (Å²) in [5.41, 5.74) is 0.699. The number of sulfonamides is 1. The number of carbonyl (C=O) groups excluding carboxylic acids is 2. The van der Waals surface area contributed by atoms with Gasteiger partial charge in [-0.05, 0) is 42.8 Å². The molecule has 0 radical (unpaired) electrons. The summed E-state index contributed by atoms with van der Waals surface area (Å²) in [5.74, 6) is -1.16. The van der Waals surface area contributed by atoms with Crippen LogP contribution < -0.4 is 5.32 Å². The number of benzene rings is 1. The summed E-state index contributed by atoms with van der Waals surface area (Å²) >= 11 is 0. The van der Waals surface area contributed by atoms with E-state index < -0.39 is 28.5 Å². The smallest absolute Gasteiger partial charge is 0.338 e. The van der Waals surface area contributed by atoms with E-state index in [-0.39, 0.29) is 4.90 Å². The van der Waals surface area contributed by atoms with Gasteiger partial charge in [-0.15, -0.1) is 0 Å². The predicted octanol–water partition coefficient (Wildman–Crippen LogP) is 2.30. The molecule has 0 aliphatic heterocycles. The number of carbonyl (C=O) groups is 2. The van der Waals surface area contributed by atoms with Gasteiger partial charge in [0, 0.05) is 31.7 Å². The minimum atomic E-state index is -3.56. The molecule has 0 saturated carbocycles. The molecule has 1 amide bonds. The maximum atomic E-state index is 12.5. The van der Waals surface area contributed by atoms with Crippen molar-refractivity contribution >= 4 is 27.6 Å². The number of nitrogens with one attached hydrogen (secondary N) is 1.